The first kappa shape index (κ1) is 19.7. The van der Waals surface area contributed by atoms with Crippen molar-refractivity contribution < 1.29 is 27.0 Å². The lowest BCUT2D eigenvalue weighted by molar-refractivity contribution is -0.0502. The fourth-order valence-electron chi connectivity index (χ4n) is 3.26. The monoisotopic (exact) mass is 394 g/mol. The van der Waals surface area contributed by atoms with Crippen LogP contribution in [0.4, 0.5) is 17.6 Å². The van der Waals surface area contributed by atoms with Gasteiger partial charge in [0.25, 0.3) is 0 Å². The maximum atomic E-state index is 14.1. The van der Waals surface area contributed by atoms with Crippen LogP contribution < -0.4 is 4.74 Å². The van der Waals surface area contributed by atoms with Gasteiger partial charge in [-0.1, -0.05) is 0 Å². The third-order valence-corrected chi connectivity index (χ3v) is 5.81. The van der Waals surface area contributed by atoms with Crippen LogP contribution in [0, 0.1) is 17.6 Å². The minimum Gasteiger partial charge on any atom is -0.435 e. The number of hydrogen-bond acceptors (Lipinski definition) is 5. The van der Waals surface area contributed by atoms with Gasteiger partial charge in [0, 0.05) is 44.9 Å². The molecule has 2 saturated heterocycles. The molecule has 0 saturated carbocycles. The number of piperidine rings is 1. The summed E-state index contributed by atoms with van der Waals surface area (Å²) in [5, 5.41) is 0. The van der Waals surface area contributed by atoms with Gasteiger partial charge in [0.1, 0.15) is 17.4 Å². The average Bonchev–Trinajstić information content (AvgIpc) is 2.60. The number of ether oxygens (including phenoxy) is 2. The summed E-state index contributed by atoms with van der Waals surface area (Å²) < 4.78 is 63.8. The highest BCUT2D eigenvalue weighted by atomic mass is 32.2. The minimum absolute atomic E-state index is 0.182. The van der Waals surface area contributed by atoms with Gasteiger partial charge in [0.05, 0.1) is 18.1 Å². The Hall–Kier alpha value is -1.03. The Morgan fingerprint density at radius 2 is 1.69 bits per heavy atom. The van der Waals surface area contributed by atoms with Crippen LogP contribution in [-0.4, -0.2) is 61.8 Å². The van der Waals surface area contributed by atoms with E-state index >= 15 is 0 Å². The summed E-state index contributed by atoms with van der Waals surface area (Å²) >= 11 is 1.00. The lowest BCUT2D eigenvalue weighted by Gasteiger charge is -2.35. The van der Waals surface area contributed by atoms with E-state index in [0.717, 1.165) is 82.9 Å². The van der Waals surface area contributed by atoms with Crippen LogP contribution in [0.5, 0.6) is 5.75 Å². The second-order valence-corrected chi connectivity index (χ2v) is 7.58. The Morgan fingerprint density at radius 1 is 1.08 bits per heavy atom. The standard InChI is InChI=1S/C17H22F4N2O2S/c18-14-9-13(25-17(20)21)10-15(19)16(14)26-23-3-1-12(2-4-23)11-22-5-7-24-8-6-22/h9-10,12,17H,1-8,11H2. The number of hydrogen-bond donors (Lipinski definition) is 0. The largest absolute Gasteiger partial charge is 0.435 e. The van der Waals surface area contributed by atoms with E-state index in [1.165, 1.54) is 0 Å². The summed E-state index contributed by atoms with van der Waals surface area (Å²) in [4.78, 5) is 2.22. The van der Waals surface area contributed by atoms with Crippen molar-refractivity contribution in [1.29, 1.82) is 0 Å². The fraction of sp³-hybridized carbons (Fsp3) is 0.647. The van der Waals surface area contributed by atoms with E-state index in [1.807, 2.05) is 4.31 Å². The van der Waals surface area contributed by atoms with E-state index in [4.69, 9.17) is 4.74 Å². The number of alkyl halides is 2. The lowest BCUT2D eigenvalue weighted by atomic mass is 9.97. The molecule has 0 spiro atoms. The van der Waals surface area contributed by atoms with Gasteiger partial charge >= 0.3 is 6.61 Å². The molecule has 0 N–H and O–H groups in total. The van der Waals surface area contributed by atoms with Crippen molar-refractivity contribution in [3.05, 3.63) is 23.8 Å². The topological polar surface area (TPSA) is 24.9 Å². The molecule has 1 aromatic carbocycles. The molecule has 1 aromatic rings. The summed E-state index contributed by atoms with van der Waals surface area (Å²) in [6.45, 7) is 2.85. The van der Waals surface area contributed by atoms with Gasteiger partial charge in [-0.2, -0.15) is 8.78 Å². The number of nitrogens with zero attached hydrogens (tertiary/aromatic N) is 2. The molecule has 0 aromatic heterocycles. The molecule has 2 heterocycles. The zero-order valence-corrected chi connectivity index (χ0v) is 15.1. The van der Waals surface area contributed by atoms with Crippen LogP contribution in [0.3, 0.4) is 0 Å². The molecule has 2 aliphatic rings. The number of morpholine rings is 1. The SMILES string of the molecule is Fc1cc(OC(F)F)cc(F)c1SN1CCC(CN2CCOCC2)CC1. The zero-order valence-electron chi connectivity index (χ0n) is 14.3. The Labute approximate surface area is 154 Å². The molecular weight excluding hydrogens is 372 g/mol. The molecule has 2 fully saturated rings. The molecule has 26 heavy (non-hydrogen) atoms. The first-order valence-electron chi connectivity index (χ1n) is 8.68. The van der Waals surface area contributed by atoms with Crippen molar-refractivity contribution in [2.24, 2.45) is 5.92 Å². The predicted molar refractivity (Wildman–Crippen MR) is 90.4 cm³/mol. The molecule has 4 nitrogen and oxygen atoms in total. The van der Waals surface area contributed by atoms with Gasteiger partial charge in [0.2, 0.25) is 0 Å². The first-order valence-corrected chi connectivity index (χ1v) is 9.45. The summed E-state index contributed by atoms with van der Waals surface area (Å²) in [7, 11) is 0. The Balaban J connectivity index is 1.51. The highest BCUT2D eigenvalue weighted by Crippen LogP contribution is 2.34. The highest BCUT2D eigenvalue weighted by Gasteiger charge is 2.25. The molecule has 2 aliphatic heterocycles. The van der Waals surface area contributed by atoms with Crippen molar-refractivity contribution >= 4 is 11.9 Å². The van der Waals surface area contributed by atoms with Crippen molar-refractivity contribution in [1.82, 2.24) is 9.21 Å². The van der Waals surface area contributed by atoms with Crippen LogP contribution >= 0.6 is 11.9 Å². The molecular formula is C17H22F4N2O2S. The molecule has 0 radical (unpaired) electrons. The average molecular weight is 394 g/mol. The van der Waals surface area contributed by atoms with Gasteiger partial charge in [-0.05, 0) is 30.7 Å². The molecule has 0 atom stereocenters. The third-order valence-electron chi connectivity index (χ3n) is 4.61. The van der Waals surface area contributed by atoms with Crippen molar-refractivity contribution in [2.45, 2.75) is 24.3 Å². The quantitative estimate of drug-likeness (QED) is 0.542. The second kappa shape index (κ2) is 9.25. The smallest absolute Gasteiger partial charge is 0.387 e. The van der Waals surface area contributed by atoms with Crippen LogP contribution in [0.2, 0.25) is 0 Å². The van der Waals surface area contributed by atoms with E-state index in [0.29, 0.717) is 5.92 Å². The molecule has 3 rings (SSSR count). The van der Waals surface area contributed by atoms with Crippen molar-refractivity contribution in [2.75, 3.05) is 45.9 Å². The minimum atomic E-state index is -3.11. The first-order chi connectivity index (χ1) is 12.5. The van der Waals surface area contributed by atoms with Crippen molar-refractivity contribution in [3.63, 3.8) is 0 Å². The molecule has 0 amide bonds. The van der Waals surface area contributed by atoms with Crippen LogP contribution in [0.25, 0.3) is 0 Å². The predicted octanol–water partition coefficient (Wildman–Crippen LogP) is 3.62. The van der Waals surface area contributed by atoms with E-state index in [9.17, 15) is 17.6 Å². The van der Waals surface area contributed by atoms with Gasteiger partial charge in [-0.25, -0.2) is 13.1 Å². The summed E-state index contributed by atoms with van der Waals surface area (Å²) in [5.74, 6) is -1.72. The summed E-state index contributed by atoms with van der Waals surface area (Å²) in [5.41, 5.74) is 0. The Kier molecular flexibility index (Phi) is 7.02. The van der Waals surface area contributed by atoms with Gasteiger partial charge in [0.15, 0.2) is 0 Å². The Bertz CT molecular complexity index is 571. The third kappa shape index (κ3) is 5.48. The number of halogens is 4. The highest BCUT2D eigenvalue weighted by molar-refractivity contribution is 7.97. The number of rotatable bonds is 6. The summed E-state index contributed by atoms with van der Waals surface area (Å²) in [6, 6.07) is 1.59. The Morgan fingerprint density at radius 3 is 2.27 bits per heavy atom. The summed E-state index contributed by atoms with van der Waals surface area (Å²) in [6.07, 6.45) is 1.92. The fourth-order valence-corrected chi connectivity index (χ4v) is 4.20. The van der Waals surface area contributed by atoms with Gasteiger partial charge in [-0.15, -0.1) is 0 Å². The van der Waals surface area contributed by atoms with E-state index in [-0.39, 0.29) is 4.90 Å². The van der Waals surface area contributed by atoms with Gasteiger partial charge < -0.3 is 9.47 Å². The normalized spacial score (nSPS) is 20.7. The van der Waals surface area contributed by atoms with E-state index in [2.05, 4.69) is 9.64 Å². The van der Waals surface area contributed by atoms with Crippen LogP contribution in [-0.2, 0) is 4.74 Å². The number of benzene rings is 1. The molecule has 0 bridgehead atoms. The maximum absolute atomic E-state index is 14.1. The van der Waals surface area contributed by atoms with Crippen LogP contribution in [0.1, 0.15) is 12.8 Å². The van der Waals surface area contributed by atoms with Crippen molar-refractivity contribution in [3.8, 4) is 5.75 Å². The molecule has 146 valence electrons. The van der Waals surface area contributed by atoms with Gasteiger partial charge in [-0.3, -0.25) is 4.90 Å². The zero-order chi connectivity index (χ0) is 18.5. The second-order valence-electron chi connectivity index (χ2n) is 6.47. The maximum Gasteiger partial charge on any atom is 0.387 e. The van der Waals surface area contributed by atoms with E-state index < -0.39 is 24.0 Å². The molecule has 0 unspecified atom stereocenters. The van der Waals surface area contributed by atoms with Crippen LogP contribution in [0.15, 0.2) is 17.0 Å². The molecule has 9 heteroatoms. The lowest BCUT2D eigenvalue weighted by Crippen LogP contribution is -2.41. The van der Waals surface area contributed by atoms with E-state index in [1.54, 1.807) is 0 Å². The molecule has 0 aliphatic carbocycles.